The molecule has 0 saturated carbocycles. The van der Waals surface area contributed by atoms with Crippen LogP contribution in [0.1, 0.15) is 0 Å². The maximum Gasteiger partial charge on any atom is 0.524 e. The van der Waals surface area contributed by atoms with E-state index in [4.69, 9.17) is 13.0 Å². The first-order valence-electron chi connectivity index (χ1n) is 18.0. The van der Waals surface area contributed by atoms with Crippen molar-refractivity contribution < 1.29 is 130 Å². The summed E-state index contributed by atoms with van der Waals surface area (Å²) < 4.78 is 340. The Morgan fingerprint density at radius 3 is 0.882 bits per heavy atom. The Kier molecular flexibility index (Phi) is 24.0. The molecule has 0 aromatic heterocycles. The van der Waals surface area contributed by atoms with E-state index in [1.165, 1.54) is 3.57 Å². The number of halogens is 23. The number of alkyl halides is 9. The molecule has 0 aliphatic heterocycles. The molecule has 6 aromatic rings. The normalized spacial score (nSPS) is 12.1. The summed E-state index contributed by atoms with van der Waals surface area (Å²) >= 11 is 4.32. The first-order valence-corrected chi connectivity index (χ1v) is 26.8. The van der Waals surface area contributed by atoms with E-state index in [1.807, 2.05) is 44.4 Å². The fraction of sp³-hybridized carbons (Fsp3) is 0.0769. The maximum absolute atomic E-state index is 13.7. The average molecular weight is 1440 g/mol. The molecule has 0 amide bonds. The Balaban J connectivity index is 0.000000351. The molecule has 0 saturated heterocycles. The molecular formula is C39H18F21I2O9S5+. The molecule has 6 rings (SSSR count). The van der Waals surface area contributed by atoms with Crippen LogP contribution in [0.3, 0.4) is 0 Å². The molecule has 418 valence electrons. The molecule has 0 heterocycles. The lowest BCUT2D eigenvalue weighted by Gasteiger charge is -2.10. The van der Waals surface area contributed by atoms with Crippen molar-refractivity contribution in [3.63, 3.8) is 0 Å². The lowest BCUT2D eigenvalue weighted by atomic mass is 10.3. The summed E-state index contributed by atoms with van der Waals surface area (Å²) in [6.45, 7) is 0. The Labute approximate surface area is 445 Å². The van der Waals surface area contributed by atoms with E-state index < -0.39 is 148 Å². The first-order chi connectivity index (χ1) is 34.4. The summed E-state index contributed by atoms with van der Waals surface area (Å²) in [6.07, 6.45) is 0. The van der Waals surface area contributed by atoms with E-state index >= 15 is 0 Å². The molecule has 0 aliphatic rings. The highest BCUT2D eigenvalue weighted by Crippen LogP contribution is 2.35. The summed E-state index contributed by atoms with van der Waals surface area (Å²) in [4.78, 5) is -0.694. The van der Waals surface area contributed by atoms with Crippen LogP contribution in [0.5, 0.6) is 0 Å². The van der Waals surface area contributed by atoms with Crippen LogP contribution in [0.2, 0.25) is 0 Å². The van der Waals surface area contributed by atoms with E-state index in [1.54, 1.807) is 24.3 Å². The SMILES string of the molecule is Fc1cc([S+](c2ccc(I)cc2)c2cc(F)c(F)c(F)c2)cc(F)c1F.Ic1ccccc1.O=S(=O)(O)C(F)(F)F.O=S(=O)(OS(=O)(=O)C(F)(F)F)C(F)(F)F.O=S(c1cc(F)c(F)c(F)c1)c1cc(F)c(F)c(F)c1. The molecule has 0 fully saturated rings. The van der Waals surface area contributed by atoms with Gasteiger partial charge in [-0.3, -0.25) is 4.55 Å². The molecule has 0 radical (unpaired) electrons. The van der Waals surface area contributed by atoms with Gasteiger partial charge in [0, 0.05) is 41.2 Å². The zero-order valence-electron chi connectivity index (χ0n) is 35.3. The van der Waals surface area contributed by atoms with Crippen LogP contribution in [-0.2, 0) is 55.7 Å². The Hall–Kier alpha value is -4.42. The predicted octanol–water partition coefficient (Wildman–Crippen LogP) is 13.3. The van der Waals surface area contributed by atoms with Crippen molar-refractivity contribution in [3.05, 3.63) is 180 Å². The van der Waals surface area contributed by atoms with Crippen molar-refractivity contribution in [2.24, 2.45) is 0 Å². The van der Waals surface area contributed by atoms with E-state index in [2.05, 4.69) is 34.7 Å². The lowest BCUT2D eigenvalue weighted by molar-refractivity contribution is -0.0586. The average Bonchev–Trinajstić information content (AvgIpc) is 3.28. The number of hydrogen-bond donors (Lipinski definition) is 1. The van der Waals surface area contributed by atoms with Gasteiger partial charge in [0.05, 0.1) is 21.7 Å². The molecule has 0 bridgehead atoms. The third-order valence-electron chi connectivity index (χ3n) is 7.55. The minimum absolute atomic E-state index is 0.0342. The van der Waals surface area contributed by atoms with Gasteiger partial charge in [0.1, 0.15) is 0 Å². The van der Waals surface area contributed by atoms with E-state index in [0.29, 0.717) is 29.2 Å². The van der Waals surface area contributed by atoms with Crippen molar-refractivity contribution in [2.75, 3.05) is 0 Å². The van der Waals surface area contributed by atoms with Gasteiger partial charge in [-0.15, -0.1) is 3.63 Å². The van der Waals surface area contributed by atoms with E-state index in [0.717, 1.165) is 27.8 Å². The van der Waals surface area contributed by atoms with Crippen molar-refractivity contribution in [3.8, 4) is 0 Å². The largest absolute Gasteiger partial charge is 0.524 e. The summed E-state index contributed by atoms with van der Waals surface area (Å²) in [5.41, 5.74) is -18.1. The summed E-state index contributed by atoms with van der Waals surface area (Å²) in [6, 6.07) is 21.6. The Bertz CT molecular complexity index is 3140. The number of rotatable bonds is 7. The second kappa shape index (κ2) is 27.0. The summed E-state index contributed by atoms with van der Waals surface area (Å²) in [5.74, 6) is -18.9. The number of hydrogen-bond acceptors (Lipinski definition) is 8. The quantitative estimate of drug-likeness (QED) is 0.0412. The van der Waals surface area contributed by atoms with Crippen LogP contribution >= 0.6 is 45.2 Å². The molecule has 6 aromatic carbocycles. The Morgan fingerprint density at radius 2 is 0.658 bits per heavy atom. The van der Waals surface area contributed by atoms with Crippen LogP contribution in [-0.4, -0.2) is 50.5 Å². The molecule has 37 heteroatoms. The fourth-order valence-electron chi connectivity index (χ4n) is 4.30. The molecule has 0 unspecified atom stereocenters. The van der Waals surface area contributed by atoms with Crippen LogP contribution in [0, 0.1) is 76.9 Å². The highest BCUT2D eigenvalue weighted by molar-refractivity contribution is 14.1. The van der Waals surface area contributed by atoms with Gasteiger partial charge in [0.25, 0.3) is 0 Å². The van der Waals surface area contributed by atoms with Gasteiger partial charge in [0.15, 0.2) is 84.5 Å². The Morgan fingerprint density at radius 1 is 0.408 bits per heavy atom. The van der Waals surface area contributed by atoms with Gasteiger partial charge in [-0.2, -0.15) is 64.8 Å². The second-order valence-electron chi connectivity index (χ2n) is 12.9. The third kappa shape index (κ3) is 19.2. The van der Waals surface area contributed by atoms with Gasteiger partial charge < -0.3 is 0 Å². The summed E-state index contributed by atoms with van der Waals surface area (Å²) in [5, 5.41) is 0. The number of benzene rings is 6. The molecule has 9 nitrogen and oxygen atoms in total. The highest BCUT2D eigenvalue weighted by atomic mass is 127. The van der Waals surface area contributed by atoms with Crippen LogP contribution in [0.4, 0.5) is 92.2 Å². The van der Waals surface area contributed by atoms with E-state index in [-0.39, 0.29) is 9.79 Å². The van der Waals surface area contributed by atoms with Gasteiger partial charge in [-0.05, 0) is 106 Å². The standard InChI is InChI=1S/C18H8F6IS.C12H4F6OS.C6H5I.C2F6O5S2.CHF3O3S/c19-13-5-11(6-14(20)17(13)23)26(10-3-1-9(25)2-4-10)12-7-15(21)18(24)16(22)8-12;13-7-1-5(2-8(14)11(7)17)20(19)6-3-9(15)12(18)10(16)4-6;7-6-4-2-1-3-5-6;3-1(4,5)14(9,10)13-15(11,12)2(6,7)8;2-1(3,4)8(5,6)7/h1-8H;1-4H;1-5H;;(H,5,6,7)/q+1;;;;. The molecular weight excluding hydrogens is 1430 g/mol. The van der Waals surface area contributed by atoms with Crippen LogP contribution in [0.25, 0.3) is 0 Å². The van der Waals surface area contributed by atoms with Gasteiger partial charge in [-0.1, -0.05) is 18.2 Å². The van der Waals surface area contributed by atoms with Gasteiger partial charge in [-0.25, -0.2) is 56.9 Å². The highest BCUT2D eigenvalue weighted by Gasteiger charge is 2.57. The molecule has 0 aliphatic carbocycles. The maximum atomic E-state index is 13.7. The second-order valence-corrected chi connectivity index (χ2v) is 23.6. The van der Waals surface area contributed by atoms with Crippen molar-refractivity contribution >= 4 is 97.2 Å². The van der Waals surface area contributed by atoms with E-state index in [9.17, 15) is 113 Å². The smallest absolute Gasteiger partial charge is 0.279 e. The minimum Gasteiger partial charge on any atom is -0.279 e. The van der Waals surface area contributed by atoms with Crippen molar-refractivity contribution in [1.82, 2.24) is 0 Å². The zero-order chi connectivity index (χ0) is 58.9. The van der Waals surface area contributed by atoms with Crippen LogP contribution < -0.4 is 0 Å². The third-order valence-corrected chi connectivity index (χ3v) is 15.6. The summed E-state index contributed by atoms with van der Waals surface area (Å²) in [7, 11) is -23.3. The molecule has 0 atom stereocenters. The van der Waals surface area contributed by atoms with Crippen molar-refractivity contribution in [1.29, 1.82) is 0 Å². The topological polar surface area (TPSA) is 149 Å². The predicted molar refractivity (Wildman–Crippen MR) is 239 cm³/mol. The first kappa shape index (κ1) is 67.7. The molecule has 0 spiro atoms. The van der Waals surface area contributed by atoms with Crippen molar-refractivity contribution in [2.45, 2.75) is 41.0 Å². The zero-order valence-corrected chi connectivity index (χ0v) is 43.7. The monoisotopic (exact) mass is 1440 g/mol. The van der Waals surface area contributed by atoms with Crippen LogP contribution in [0.15, 0.2) is 128 Å². The van der Waals surface area contributed by atoms with Gasteiger partial charge in [0.2, 0.25) is 0 Å². The molecule has 76 heavy (non-hydrogen) atoms. The van der Waals surface area contributed by atoms with Gasteiger partial charge >= 0.3 is 46.9 Å². The fourth-order valence-corrected chi connectivity index (χ4v) is 9.86. The lowest BCUT2D eigenvalue weighted by Crippen LogP contribution is -2.34. The molecule has 1 N–H and O–H groups in total. The minimum atomic E-state index is -6.85.